The van der Waals surface area contributed by atoms with Crippen LogP contribution in [-0.4, -0.2) is 42.5 Å². The minimum atomic E-state index is 0.218. The van der Waals surface area contributed by atoms with Crippen molar-refractivity contribution in [2.75, 3.05) is 19.6 Å². The summed E-state index contributed by atoms with van der Waals surface area (Å²) in [7, 11) is 0. The van der Waals surface area contributed by atoms with Crippen LogP contribution in [0.5, 0.6) is 0 Å². The van der Waals surface area contributed by atoms with E-state index >= 15 is 0 Å². The van der Waals surface area contributed by atoms with E-state index in [1.54, 1.807) is 0 Å². The molecule has 2 heterocycles. The van der Waals surface area contributed by atoms with Crippen molar-refractivity contribution in [2.45, 2.75) is 63.5 Å². The van der Waals surface area contributed by atoms with Crippen molar-refractivity contribution >= 4 is 5.91 Å². The third-order valence-corrected chi connectivity index (χ3v) is 5.67. The van der Waals surface area contributed by atoms with Crippen molar-refractivity contribution in [3.05, 3.63) is 0 Å². The molecule has 2 aliphatic heterocycles. The van der Waals surface area contributed by atoms with E-state index < -0.39 is 0 Å². The number of piperidine rings is 1. The SMILES string of the molecule is NCC1CCCC(C(=O)NC2CCN3CCCCC23)C1. The Balaban J connectivity index is 1.53. The predicted octanol–water partition coefficient (Wildman–Crippen LogP) is 1.49. The Morgan fingerprint density at radius 3 is 2.85 bits per heavy atom. The number of fused-ring (bicyclic) bond motifs is 1. The van der Waals surface area contributed by atoms with Gasteiger partial charge in [0.15, 0.2) is 0 Å². The van der Waals surface area contributed by atoms with E-state index in [-0.39, 0.29) is 5.92 Å². The van der Waals surface area contributed by atoms with Crippen LogP contribution in [0.2, 0.25) is 0 Å². The van der Waals surface area contributed by atoms with Crippen LogP contribution in [0.3, 0.4) is 0 Å². The molecule has 114 valence electrons. The summed E-state index contributed by atoms with van der Waals surface area (Å²) in [5.41, 5.74) is 5.78. The summed E-state index contributed by atoms with van der Waals surface area (Å²) in [6.07, 6.45) is 9.50. The zero-order chi connectivity index (χ0) is 13.9. The van der Waals surface area contributed by atoms with E-state index in [9.17, 15) is 4.79 Å². The average molecular weight is 279 g/mol. The topological polar surface area (TPSA) is 58.4 Å². The van der Waals surface area contributed by atoms with Crippen molar-refractivity contribution in [1.29, 1.82) is 0 Å². The summed E-state index contributed by atoms with van der Waals surface area (Å²) < 4.78 is 0. The second-order valence-electron chi connectivity index (χ2n) is 6.97. The van der Waals surface area contributed by atoms with Gasteiger partial charge in [0, 0.05) is 24.5 Å². The third kappa shape index (κ3) is 3.01. The summed E-state index contributed by atoms with van der Waals surface area (Å²) >= 11 is 0. The number of carbonyl (C=O) groups is 1. The molecule has 4 nitrogen and oxygen atoms in total. The first-order valence-electron chi connectivity index (χ1n) is 8.52. The molecule has 4 unspecified atom stereocenters. The van der Waals surface area contributed by atoms with Crippen LogP contribution in [0.1, 0.15) is 51.4 Å². The van der Waals surface area contributed by atoms with Gasteiger partial charge in [-0.25, -0.2) is 0 Å². The lowest BCUT2D eigenvalue weighted by Crippen LogP contribution is -2.48. The first-order valence-corrected chi connectivity index (χ1v) is 8.52. The fraction of sp³-hybridized carbons (Fsp3) is 0.938. The molecule has 4 heteroatoms. The Labute approximate surface area is 122 Å². The quantitative estimate of drug-likeness (QED) is 0.823. The van der Waals surface area contributed by atoms with Crippen LogP contribution in [-0.2, 0) is 4.79 Å². The fourth-order valence-electron chi connectivity index (χ4n) is 4.46. The van der Waals surface area contributed by atoms with Crippen molar-refractivity contribution in [1.82, 2.24) is 10.2 Å². The Morgan fingerprint density at radius 1 is 1.10 bits per heavy atom. The van der Waals surface area contributed by atoms with E-state index in [0.29, 0.717) is 23.9 Å². The number of carbonyl (C=O) groups excluding carboxylic acids is 1. The zero-order valence-electron chi connectivity index (χ0n) is 12.5. The minimum absolute atomic E-state index is 0.218. The Morgan fingerprint density at radius 2 is 2.00 bits per heavy atom. The fourth-order valence-corrected chi connectivity index (χ4v) is 4.46. The van der Waals surface area contributed by atoms with Gasteiger partial charge in [0.05, 0.1) is 0 Å². The molecule has 0 aromatic carbocycles. The molecule has 0 bridgehead atoms. The van der Waals surface area contributed by atoms with Crippen LogP contribution in [0.15, 0.2) is 0 Å². The van der Waals surface area contributed by atoms with Crippen LogP contribution < -0.4 is 11.1 Å². The number of nitrogens with zero attached hydrogens (tertiary/aromatic N) is 1. The molecule has 3 rings (SSSR count). The molecule has 3 aliphatic rings. The lowest BCUT2D eigenvalue weighted by atomic mass is 9.81. The molecule has 3 N–H and O–H groups in total. The van der Waals surface area contributed by atoms with Crippen LogP contribution in [0.25, 0.3) is 0 Å². The molecule has 3 fully saturated rings. The van der Waals surface area contributed by atoms with Crippen molar-refractivity contribution in [3.8, 4) is 0 Å². The van der Waals surface area contributed by atoms with E-state index in [0.717, 1.165) is 25.8 Å². The van der Waals surface area contributed by atoms with Crippen molar-refractivity contribution in [3.63, 3.8) is 0 Å². The molecule has 1 saturated carbocycles. The largest absolute Gasteiger partial charge is 0.352 e. The molecule has 1 aliphatic carbocycles. The molecule has 0 spiro atoms. The third-order valence-electron chi connectivity index (χ3n) is 5.67. The van der Waals surface area contributed by atoms with E-state index in [2.05, 4.69) is 10.2 Å². The molecule has 1 amide bonds. The predicted molar refractivity (Wildman–Crippen MR) is 80.3 cm³/mol. The second-order valence-corrected chi connectivity index (χ2v) is 6.97. The lowest BCUT2D eigenvalue weighted by Gasteiger charge is -2.34. The second kappa shape index (κ2) is 6.44. The average Bonchev–Trinajstić information content (AvgIpc) is 2.90. The molecular weight excluding hydrogens is 250 g/mol. The van der Waals surface area contributed by atoms with Gasteiger partial charge in [-0.3, -0.25) is 9.69 Å². The number of rotatable bonds is 3. The van der Waals surface area contributed by atoms with Gasteiger partial charge in [-0.2, -0.15) is 0 Å². The highest BCUT2D eigenvalue weighted by Crippen LogP contribution is 2.30. The van der Waals surface area contributed by atoms with E-state index in [1.807, 2.05) is 0 Å². The van der Waals surface area contributed by atoms with E-state index in [4.69, 9.17) is 5.73 Å². The number of hydrogen-bond acceptors (Lipinski definition) is 3. The monoisotopic (exact) mass is 279 g/mol. The van der Waals surface area contributed by atoms with Crippen molar-refractivity contribution in [2.24, 2.45) is 17.6 Å². The number of nitrogens with two attached hydrogens (primary N) is 1. The molecule has 0 radical (unpaired) electrons. The molecule has 4 atom stereocenters. The summed E-state index contributed by atoms with van der Waals surface area (Å²) in [5.74, 6) is 1.09. The highest BCUT2D eigenvalue weighted by Gasteiger charge is 2.37. The normalized spacial score (nSPS) is 38.5. The Hall–Kier alpha value is -0.610. The summed E-state index contributed by atoms with van der Waals surface area (Å²) in [6, 6.07) is 1.02. The highest BCUT2D eigenvalue weighted by molar-refractivity contribution is 5.79. The maximum Gasteiger partial charge on any atom is 0.223 e. The minimum Gasteiger partial charge on any atom is -0.352 e. The highest BCUT2D eigenvalue weighted by atomic mass is 16.2. The van der Waals surface area contributed by atoms with Gasteiger partial charge in [0.25, 0.3) is 0 Å². The number of nitrogens with one attached hydrogen (secondary N) is 1. The molecule has 2 saturated heterocycles. The van der Waals surface area contributed by atoms with Crippen LogP contribution >= 0.6 is 0 Å². The van der Waals surface area contributed by atoms with Gasteiger partial charge in [0.2, 0.25) is 5.91 Å². The van der Waals surface area contributed by atoms with Crippen molar-refractivity contribution < 1.29 is 4.79 Å². The standard InChI is InChI=1S/C16H29N3O/c17-11-12-4-3-5-13(10-12)16(20)18-14-7-9-19-8-2-1-6-15(14)19/h12-15H,1-11,17H2,(H,18,20). The first kappa shape index (κ1) is 14.3. The molecule has 0 aromatic heterocycles. The summed E-state index contributed by atoms with van der Waals surface area (Å²) in [5, 5.41) is 3.37. The van der Waals surface area contributed by atoms with Gasteiger partial charge in [-0.15, -0.1) is 0 Å². The molecule has 20 heavy (non-hydrogen) atoms. The van der Waals surface area contributed by atoms with Gasteiger partial charge < -0.3 is 11.1 Å². The summed E-state index contributed by atoms with van der Waals surface area (Å²) in [6.45, 7) is 3.14. The van der Waals surface area contributed by atoms with Gasteiger partial charge in [-0.05, 0) is 57.5 Å². The first-order chi connectivity index (χ1) is 9.78. The van der Waals surface area contributed by atoms with E-state index in [1.165, 1.54) is 45.2 Å². The van der Waals surface area contributed by atoms with Gasteiger partial charge in [-0.1, -0.05) is 12.8 Å². The maximum absolute atomic E-state index is 12.5. The Bertz CT molecular complexity index is 347. The maximum atomic E-state index is 12.5. The smallest absolute Gasteiger partial charge is 0.223 e. The van der Waals surface area contributed by atoms with Gasteiger partial charge in [0.1, 0.15) is 0 Å². The Kier molecular flexibility index (Phi) is 4.61. The van der Waals surface area contributed by atoms with Crippen LogP contribution in [0, 0.1) is 11.8 Å². The summed E-state index contributed by atoms with van der Waals surface area (Å²) in [4.78, 5) is 15.1. The number of amides is 1. The van der Waals surface area contributed by atoms with Gasteiger partial charge >= 0.3 is 0 Å². The molecular formula is C16H29N3O. The zero-order valence-corrected chi connectivity index (χ0v) is 12.5. The van der Waals surface area contributed by atoms with Crippen LogP contribution in [0.4, 0.5) is 0 Å². The lowest BCUT2D eigenvalue weighted by molar-refractivity contribution is -0.127. The number of hydrogen-bond donors (Lipinski definition) is 2. The molecule has 0 aromatic rings.